The number of sulfonamides is 1. The molecule has 3 aromatic rings. The van der Waals surface area contributed by atoms with Crippen molar-refractivity contribution in [1.82, 2.24) is 24.7 Å². The molecule has 1 aliphatic heterocycles. The quantitative estimate of drug-likeness (QED) is 0.491. The summed E-state index contributed by atoms with van der Waals surface area (Å²) in [5.74, 6) is 0.402. The maximum atomic E-state index is 12.5. The number of carbonyl (C=O) groups excluding carboxylic acids is 1. The Labute approximate surface area is 220 Å². The lowest BCUT2D eigenvalue weighted by atomic mass is 9.98. The van der Waals surface area contributed by atoms with Gasteiger partial charge in [-0.25, -0.2) is 32.9 Å². The Morgan fingerprint density at radius 1 is 1.08 bits per heavy atom. The average molecular weight is 549 g/mol. The normalized spacial score (nSPS) is 15.1. The van der Waals surface area contributed by atoms with Gasteiger partial charge in [0.05, 0.1) is 36.2 Å². The Morgan fingerprint density at radius 2 is 1.78 bits per heavy atom. The lowest BCUT2D eigenvalue weighted by Crippen LogP contribution is -2.48. The highest BCUT2D eigenvalue weighted by Gasteiger charge is 2.29. The first kappa shape index (κ1) is 27.0. The lowest BCUT2D eigenvalue weighted by Gasteiger charge is -2.35. The molecule has 0 saturated carbocycles. The van der Waals surface area contributed by atoms with Crippen molar-refractivity contribution in [2.24, 2.45) is 5.41 Å². The third-order valence-electron chi connectivity index (χ3n) is 5.95. The summed E-state index contributed by atoms with van der Waals surface area (Å²) < 4.78 is 32.5. The summed E-state index contributed by atoms with van der Waals surface area (Å²) in [5.41, 5.74) is 1.13. The number of halogens is 1. The highest BCUT2D eigenvalue weighted by molar-refractivity contribution is 7.89. The molecule has 11 nitrogen and oxygen atoms in total. The van der Waals surface area contributed by atoms with Crippen molar-refractivity contribution in [2.45, 2.75) is 25.7 Å². The number of hydroxylamine groups is 2. The molecular formula is C24H29ClN6O5S. The van der Waals surface area contributed by atoms with E-state index in [0.717, 1.165) is 5.39 Å². The van der Waals surface area contributed by atoms with Gasteiger partial charge >= 0.3 is 5.97 Å². The topological polar surface area (TPSA) is 127 Å². The van der Waals surface area contributed by atoms with Crippen molar-refractivity contribution in [3.63, 3.8) is 0 Å². The Morgan fingerprint density at radius 3 is 2.41 bits per heavy atom. The van der Waals surface area contributed by atoms with Crippen molar-refractivity contribution < 1.29 is 22.8 Å². The molecule has 0 spiro atoms. The molecule has 198 valence electrons. The molecule has 1 aliphatic rings. The van der Waals surface area contributed by atoms with E-state index in [4.69, 9.17) is 21.2 Å². The Balaban J connectivity index is 1.68. The molecule has 0 bridgehead atoms. The third-order valence-corrected chi connectivity index (χ3v) is 7.67. The molecule has 4 rings (SSSR count). The van der Waals surface area contributed by atoms with Crippen LogP contribution >= 0.6 is 11.6 Å². The van der Waals surface area contributed by atoms with Gasteiger partial charge in [-0.15, -0.1) is 5.06 Å². The molecule has 13 heteroatoms. The number of anilines is 1. The van der Waals surface area contributed by atoms with Gasteiger partial charge in [-0.05, 0) is 46.0 Å². The molecule has 1 N–H and O–H groups in total. The van der Waals surface area contributed by atoms with Crippen molar-refractivity contribution >= 4 is 44.3 Å². The number of fused-ring (bicyclic) bond motifs is 1. The van der Waals surface area contributed by atoms with E-state index in [-0.39, 0.29) is 16.7 Å². The number of piperazine rings is 1. The Kier molecular flexibility index (Phi) is 7.56. The van der Waals surface area contributed by atoms with Crippen LogP contribution in [-0.2, 0) is 19.7 Å². The molecule has 0 unspecified atom stereocenters. The summed E-state index contributed by atoms with van der Waals surface area (Å²) in [5, 5.41) is 2.80. The van der Waals surface area contributed by atoms with Gasteiger partial charge in [0.25, 0.3) is 0 Å². The number of aromatic nitrogens is 3. The minimum absolute atomic E-state index is 0.0240. The minimum Gasteiger partial charge on any atom is -0.480 e. The van der Waals surface area contributed by atoms with E-state index in [1.54, 1.807) is 11.1 Å². The number of ether oxygens (including phenoxy) is 1. The SMILES string of the molecule is CNS(=O)(=O)c1cc(-c2cc3c(N4CCN(OC(=O)C(C)(C)C)CC4)ncnc3cc2Cl)cnc1OC. The molecule has 37 heavy (non-hydrogen) atoms. The van der Waals surface area contributed by atoms with Crippen molar-refractivity contribution in [2.75, 3.05) is 45.2 Å². The molecule has 0 radical (unpaired) electrons. The predicted octanol–water partition coefficient (Wildman–Crippen LogP) is 2.89. The first-order chi connectivity index (χ1) is 17.4. The summed E-state index contributed by atoms with van der Waals surface area (Å²) in [4.78, 5) is 32.8. The summed E-state index contributed by atoms with van der Waals surface area (Å²) in [6.45, 7) is 7.64. The van der Waals surface area contributed by atoms with Crippen LogP contribution in [0, 0.1) is 5.41 Å². The molecule has 1 aromatic carbocycles. The monoisotopic (exact) mass is 548 g/mol. The number of nitrogens with zero attached hydrogens (tertiary/aromatic N) is 5. The van der Waals surface area contributed by atoms with Crippen molar-refractivity contribution in [1.29, 1.82) is 0 Å². The zero-order chi connectivity index (χ0) is 27.0. The van der Waals surface area contributed by atoms with Gasteiger partial charge in [0.15, 0.2) is 0 Å². The van der Waals surface area contributed by atoms with Crippen LogP contribution in [0.1, 0.15) is 20.8 Å². The van der Waals surface area contributed by atoms with Gasteiger partial charge < -0.3 is 14.5 Å². The van der Waals surface area contributed by atoms with Gasteiger partial charge in [-0.3, -0.25) is 0 Å². The van der Waals surface area contributed by atoms with Gasteiger partial charge in [0.2, 0.25) is 15.9 Å². The molecular weight excluding hydrogens is 520 g/mol. The molecule has 0 atom stereocenters. The highest BCUT2D eigenvalue weighted by atomic mass is 35.5. The second-order valence-electron chi connectivity index (χ2n) is 9.53. The van der Waals surface area contributed by atoms with Gasteiger partial charge in [-0.2, -0.15) is 0 Å². The summed E-state index contributed by atoms with van der Waals surface area (Å²) in [7, 11) is -1.16. The first-order valence-corrected chi connectivity index (χ1v) is 13.4. The second-order valence-corrected chi connectivity index (χ2v) is 11.8. The van der Waals surface area contributed by atoms with Crippen LogP contribution in [0.15, 0.2) is 35.6 Å². The third kappa shape index (κ3) is 5.61. The van der Waals surface area contributed by atoms with Crippen LogP contribution < -0.4 is 14.4 Å². The summed E-state index contributed by atoms with van der Waals surface area (Å²) >= 11 is 6.60. The smallest absolute Gasteiger partial charge is 0.330 e. The number of nitrogens with one attached hydrogen (secondary N) is 1. The van der Waals surface area contributed by atoms with Crippen LogP contribution in [-0.4, -0.2) is 74.7 Å². The largest absolute Gasteiger partial charge is 0.480 e. The predicted molar refractivity (Wildman–Crippen MR) is 140 cm³/mol. The van der Waals surface area contributed by atoms with Crippen LogP contribution in [0.25, 0.3) is 22.0 Å². The van der Waals surface area contributed by atoms with E-state index in [2.05, 4.69) is 24.6 Å². The van der Waals surface area contributed by atoms with E-state index < -0.39 is 15.4 Å². The maximum Gasteiger partial charge on any atom is 0.330 e. The van der Waals surface area contributed by atoms with Crippen molar-refractivity contribution in [3.05, 3.63) is 35.7 Å². The number of pyridine rings is 1. The number of benzene rings is 1. The first-order valence-electron chi connectivity index (χ1n) is 11.6. The number of hydrogen-bond acceptors (Lipinski definition) is 10. The summed E-state index contributed by atoms with van der Waals surface area (Å²) in [6.07, 6.45) is 2.98. The van der Waals surface area contributed by atoms with Crippen molar-refractivity contribution in [3.8, 4) is 17.0 Å². The van der Waals surface area contributed by atoms with E-state index in [9.17, 15) is 13.2 Å². The fourth-order valence-electron chi connectivity index (χ4n) is 3.82. The lowest BCUT2D eigenvalue weighted by molar-refractivity contribution is -0.201. The van der Waals surface area contributed by atoms with Crippen LogP contribution in [0.3, 0.4) is 0 Å². The van der Waals surface area contributed by atoms with E-state index in [0.29, 0.717) is 53.7 Å². The fraction of sp³-hybridized carbons (Fsp3) is 0.417. The Bertz CT molecular complexity index is 1440. The fourth-order valence-corrected chi connectivity index (χ4v) is 4.95. The van der Waals surface area contributed by atoms with Gasteiger partial charge in [0.1, 0.15) is 17.0 Å². The molecule has 1 saturated heterocycles. The number of carbonyl (C=O) groups is 1. The number of methoxy groups -OCH3 is 1. The number of rotatable bonds is 6. The molecule has 2 aromatic heterocycles. The maximum absolute atomic E-state index is 12.5. The summed E-state index contributed by atoms with van der Waals surface area (Å²) in [6, 6.07) is 5.02. The molecule has 1 fully saturated rings. The van der Waals surface area contributed by atoms with Gasteiger partial charge in [-0.1, -0.05) is 11.6 Å². The molecule has 0 amide bonds. The van der Waals surface area contributed by atoms with E-state index >= 15 is 0 Å². The molecule has 3 heterocycles. The zero-order valence-corrected chi connectivity index (χ0v) is 22.9. The van der Waals surface area contributed by atoms with E-state index in [1.807, 2.05) is 26.8 Å². The van der Waals surface area contributed by atoms with E-state index in [1.165, 1.54) is 32.7 Å². The zero-order valence-electron chi connectivity index (χ0n) is 21.3. The van der Waals surface area contributed by atoms with Gasteiger partial charge in [0, 0.05) is 35.8 Å². The standard InChI is InChI=1S/C24H29ClN6O5S/c1-24(2,3)23(32)36-31-8-6-30(7-9-31)21-17-11-16(18(25)12-19(17)28-14-29-21)15-10-20(37(33,34)26-4)22(35-5)27-13-15/h10-14,26H,6-9H2,1-5H3. The molecule has 0 aliphatic carbocycles. The van der Waals surface area contributed by atoms with Crippen LogP contribution in [0.4, 0.5) is 5.82 Å². The van der Waals surface area contributed by atoms with Crippen LogP contribution in [0.2, 0.25) is 5.02 Å². The van der Waals surface area contributed by atoms with Crippen LogP contribution in [0.5, 0.6) is 5.88 Å². The number of hydrogen-bond donors (Lipinski definition) is 1. The average Bonchev–Trinajstić information content (AvgIpc) is 2.87. The second kappa shape index (κ2) is 10.4. The minimum atomic E-state index is -3.83. The Hall–Kier alpha value is -3.06. The highest BCUT2D eigenvalue weighted by Crippen LogP contribution is 2.36.